The van der Waals surface area contributed by atoms with Crippen molar-refractivity contribution < 1.29 is 4.79 Å². The monoisotopic (exact) mass is 397 g/mol. The zero-order valence-electron chi connectivity index (χ0n) is 17.4. The van der Waals surface area contributed by atoms with Crippen LogP contribution in [0.4, 0.5) is 0 Å². The summed E-state index contributed by atoms with van der Waals surface area (Å²) >= 11 is 0. The van der Waals surface area contributed by atoms with Gasteiger partial charge in [-0.2, -0.15) is 5.10 Å². The van der Waals surface area contributed by atoms with E-state index in [4.69, 9.17) is 5.10 Å². The molecular weight excluding hydrogens is 370 g/mol. The Balaban J connectivity index is 1.60. The highest BCUT2D eigenvalue weighted by Crippen LogP contribution is 2.41. The molecule has 0 N–H and O–H groups in total. The maximum absolute atomic E-state index is 11.8. The summed E-state index contributed by atoms with van der Waals surface area (Å²) < 4.78 is 2.20. The quantitative estimate of drug-likeness (QED) is 0.617. The molecule has 0 bridgehead atoms. The van der Waals surface area contributed by atoms with Crippen molar-refractivity contribution in [1.82, 2.24) is 14.7 Å². The summed E-state index contributed by atoms with van der Waals surface area (Å²) in [6.45, 7) is 3.93. The molecule has 1 atom stereocenters. The van der Waals surface area contributed by atoms with Crippen molar-refractivity contribution >= 4 is 5.91 Å². The predicted molar refractivity (Wildman–Crippen MR) is 118 cm³/mol. The molecule has 0 saturated heterocycles. The van der Waals surface area contributed by atoms with Crippen molar-refractivity contribution in [1.29, 1.82) is 0 Å². The number of hydrogen-bond donors (Lipinski definition) is 0. The van der Waals surface area contributed by atoms with E-state index in [0.717, 1.165) is 32.4 Å². The van der Waals surface area contributed by atoms with Crippen molar-refractivity contribution in [3.05, 3.63) is 100 Å². The second-order valence-corrected chi connectivity index (χ2v) is 8.32. The molecule has 1 unspecified atom stereocenters. The first-order chi connectivity index (χ1) is 14.7. The van der Waals surface area contributed by atoms with Crippen LogP contribution in [0.2, 0.25) is 0 Å². The van der Waals surface area contributed by atoms with Gasteiger partial charge in [-0.3, -0.25) is 9.48 Å². The SMILES string of the molecule is CC(=O)N1CC=C(C2c3ccccc3CCc3cnn(Cc4ccccc4)c32)CC1. The predicted octanol–water partition coefficient (Wildman–Crippen LogP) is 4.34. The fourth-order valence-corrected chi connectivity index (χ4v) is 4.91. The Bertz CT molecular complexity index is 1100. The molecule has 1 aliphatic carbocycles. The Morgan fingerprint density at radius 2 is 1.77 bits per heavy atom. The Labute approximate surface area is 177 Å². The molecule has 1 aromatic heterocycles. The van der Waals surface area contributed by atoms with Crippen molar-refractivity contribution in [2.24, 2.45) is 0 Å². The fraction of sp³-hybridized carbons (Fsp3) is 0.308. The summed E-state index contributed by atoms with van der Waals surface area (Å²) in [5.41, 5.74) is 8.18. The highest BCUT2D eigenvalue weighted by atomic mass is 16.2. The van der Waals surface area contributed by atoms with E-state index in [-0.39, 0.29) is 11.8 Å². The molecule has 4 heteroatoms. The van der Waals surface area contributed by atoms with Crippen molar-refractivity contribution in [3.63, 3.8) is 0 Å². The Morgan fingerprint density at radius 1 is 1.00 bits per heavy atom. The van der Waals surface area contributed by atoms with E-state index in [0.29, 0.717) is 6.54 Å². The van der Waals surface area contributed by atoms with Crippen LogP contribution in [-0.4, -0.2) is 33.7 Å². The number of benzene rings is 2. The topological polar surface area (TPSA) is 38.1 Å². The molecule has 0 saturated carbocycles. The Morgan fingerprint density at radius 3 is 2.53 bits per heavy atom. The van der Waals surface area contributed by atoms with E-state index in [1.165, 1.54) is 33.5 Å². The van der Waals surface area contributed by atoms with Gasteiger partial charge in [0, 0.05) is 25.9 Å². The van der Waals surface area contributed by atoms with Crippen molar-refractivity contribution in [2.75, 3.05) is 13.1 Å². The third-order valence-electron chi connectivity index (χ3n) is 6.50. The smallest absolute Gasteiger partial charge is 0.219 e. The third-order valence-corrected chi connectivity index (χ3v) is 6.50. The van der Waals surface area contributed by atoms with E-state index in [2.05, 4.69) is 71.6 Å². The lowest BCUT2D eigenvalue weighted by Crippen LogP contribution is -2.34. The Hall–Kier alpha value is -3.14. The second-order valence-electron chi connectivity index (χ2n) is 8.32. The minimum atomic E-state index is 0.154. The van der Waals surface area contributed by atoms with Gasteiger partial charge in [0.2, 0.25) is 5.91 Å². The van der Waals surface area contributed by atoms with Crippen LogP contribution in [0.1, 0.15) is 47.2 Å². The molecule has 5 rings (SSSR count). The summed E-state index contributed by atoms with van der Waals surface area (Å²) in [6.07, 6.45) is 7.33. The number of fused-ring (bicyclic) bond motifs is 2. The maximum atomic E-state index is 11.8. The molecule has 0 fully saturated rings. The van der Waals surface area contributed by atoms with Gasteiger partial charge in [-0.05, 0) is 41.5 Å². The summed E-state index contributed by atoms with van der Waals surface area (Å²) in [6, 6.07) is 19.4. The molecule has 2 aliphatic rings. The van der Waals surface area contributed by atoms with E-state index in [1.54, 1.807) is 6.92 Å². The van der Waals surface area contributed by atoms with E-state index >= 15 is 0 Å². The lowest BCUT2D eigenvalue weighted by atomic mass is 9.82. The van der Waals surface area contributed by atoms with Crippen LogP contribution < -0.4 is 0 Å². The first kappa shape index (κ1) is 18.9. The first-order valence-corrected chi connectivity index (χ1v) is 10.8. The molecular formula is C26H27N3O. The molecule has 0 radical (unpaired) electrons. The highest BCUT2D eigenvalue weighted by Gasteiger charge is 2.31. The van der Waals surface area contributed by atoms with Gasteiger partial charge in [0.05, 0.1) is 18.4 Å². The summed E-state index contributed by atoms with van der Waals surface area (Å²) in [5.74, 6) is 0.361. The average molecular weight is 398 g/mol. The lowest BCUT2D eigenvalue weighted by Gasteiger charge is -2.30. The molecule has 152 valence electrons. The second kappa shape index (κ2) is 7.94. The highest BCUT2D eigenvalue weighted by molar-refractivity contribution is 5.73. The molecule has 0 spiro atoms. The molecule has 3 aromatic rings. The van der Waals surface area contributed by atoms with Crippen LogP contribution in [0.5, 0.6) is 0 Å². The lowest BCUT2D eigenvalue weighted by molar-refractivity contribution is -0.128. The number of carbonyl (C=O) groups excluding carboxylic acids is 1. The van der Waals surface area contributed by atoms with Crippen LogP contribution in [0, 0.1) is 0 Å². The zero-order valence-corrected chi connectivity index (χ0v) is 17.4. The zero-order chi connectivity index (χ0) is 20.5. The number of aromatic nitrogens is 2. The van der Waals surface area contributed by atoms with Crippen LogP contribution >= 0.6 is 0 Å². The van der Waals surface area contributed by atoms with E-state index < -0.39 is 0 Å². The van der Waals surface area contributed by atoms with Gasteiger partial charge >= 0.3 is 0 Å². The summed E-state index contributed by atoms with van der Waals surface area (Å²) in [5, 5.41) is 4.82. The van der Waals surface area contributed by atoms with Gasteiger partial charge < -0.3 is 4.90 Å². The van der Waals surface area contributed by atoms with Crippen LogP contribution in [0.3, 0.4) is 0 Å². The minimum Gasteiger partial charge on any atom is -0.339 e. The van der Waals surface area contributed by atoms with Gasteiger partial charge in [-0.25, -0.2) is 0 Å². The van der Waals surface area contributed by atoms with Crippen molar-refractivity contribution in [2.45, 2.75) is 38.6 Å². The number of amides is 1. The van der Waals surface area contributed by atoms with E-state index in [1.807, 2.05) is 4.90 Å². The van der Waals surface area contributed by atoms with Gasteiger partial charge in [0.1, 0.15) is 0 Å². The van der Waals surface area contributed by atoms with E-state index in [9.17, 15) is 4.79 Å². The number of aryl methyl sites for hydroxylation is 2. The number of hydrogen-bond acceptors (Lipinski definition) is 2. The summed E-state index contributed by atoms with van der Waals surface area (Å²) in [7, 11) is 0. The molecule has 30 heavy (non-hydrogen) atoms. The standard InChI is InChI=1S/C26H27N3O/c1-19(30)28-15-13-22(14-16-28)25-24-10-6-5-9-21(24)11-12-23-17-27-29(26(23)25)18-20-7-3-2-4-8-20/h2-10,13,17,25H,11-12,14-16,18H2,1H3. The van der Waals surface area contributed by atoms with Gasteiger partial charge in [0.25, 0.3) is 0 Å². The minimum absolute atomic E-state index is 0.154. The van der Waals surface area contributed by atoms with Gasteiger partial charge in [0.15, 0.2) is 0 Å². The third kappa shape index (κ3) is 3.47. The fourth-order valence-electron chi connectivity index (χ4n) is 4.91. The van der Waals surface area contributed by atoms with Crippen LogP contribution in [0.25, 0.3) is 0 Å². The van der Waals surface area contributed by atoms with Gasteiger partial charge in [-0.15, -0.1) is 0 Å². The molecule has 2 heterocycles. The largest absolute Gasteiger partial charge is 0.339 e. The molecule has 1 amide bonds. The normalized spacial score (nSPS) is 18.2. The van der Waals surface area contributed by atoms with Gasteiger partial charge in [-0.1, -0.05) is 66.2 Å². The average Bonchev–Trinajstić information content (AvgIpc) is 3.08. The molecule has 2 aromatic carbocycles. The molecule has 4 nitrogen and oxygen atoms in total. The summed E-state index contributed by atoms with van der Waals surface area (Å²) in [4.78, 5) is 13.8. The first-order valence-electron chi connectivity index (χ1n) is 10.8. The Kier molecular flexibility index (Phi) is 4.99. The number of rotatable bonds is 3. The number of carbonyl (C=O) groups is 1. The maximum Gasteiger partial charge on any atom is 0.219 e. The number of nitrogens with zero attached hydrogens (tertiary/aromatic N) is 3. The van der Waals surface area contributed by atoms with Crippen LogP contribution in [-0.2, 0) is 24.2 Å². The molecule has 1 aliphatic heterocycles. The van der Waals surface area contributed by atoms with Crippen LogP contribution in [0.15, 0.2) is 72.4 Å². The van der Waals surface area contributed by atoms with Crippen molar-refractivity contribution in [3.8, 4) is 0 Å².